The van der Waals surface area contributed by atoms with Gasteiger partial charge in [0.1, 0.15) is 0 Å². The first-order chi connectivity index (χ1) is 6.60. The topological polar surface area (TPSA) is 65.7 Å². The third-order valence-electron chi connectivity index (χ3n) is 1.65. The monoisotopic (exact) mass is 201 g/mol. The van der Waals surface area contributed by atoms with Crippen LogP contribution in [0.15, 0.2) is 4.99 Å². The highest BCUT2D eigenvalue weighted by molar-refractivity contribution is 5.79. The molecule has 1 unspecified atom stereocenters. The second-order valence-electron chi connectivity index (χ2n) is 3.68. The van der Waals surface area contributed by atoms with Crippen molar-refractivity contribution in [3.8, 4) is 0 Å². The molecule has 0 heterocycles. The highest BCUT2D eigenvalue weighted by Gasteiger charge is 2.04. The number of nitrogens with two attached hydrogens (primary N) is 1. The predicted molar refractivity (Wildman–Crippen MR) is 61.1 cm³/mol. The van der Waals surface area contributed by atoms with Gasteiger partial charge in [-0.05, 0) is 27.4 Å². The molecule has 0 saturated heterocycles. The maximum Gasteiger partial charge on any atom is 0.205 e. The molecule has 0 radical (unpaired) electrons. The lowest BCUT2D eigenvalue weighted by Gasteiger charge is -2.19. The van der Waals surface area contributed by atoms with Crippen LogP contribution in [0.1, 0.15) is 20.3 Å². The molecule has 0 aromatic carbocycles. The molecular weight excluding hydrogens is 178 g/mol. The van der Waals surface area contributed by atoms with E-state index in [1.165, 1.54) is 0 Å². The number of guanidine groups is 1. The van der Waals surface area contributed by atoms with E-state index in [1.807, 2.05) is 14.1 Å². The van der Waals surface area contributed by atoms with Gasteiger partial charge in [0.25, 0.3) is 0 Å². The number of nitrogens with zero attached hydrogens (tertiary/aromatic N) is 2. The van der Waals surface area contributed by atoms with Crippen molar-refractivity contribution in [2.75, 3.05) is 27.2 Å². The zero-order chi connectivity index (χ0) is 11.0. The van der Waals surface area contributed by atoms with Crippen LogP contribution in [-0.2, 0) is 0 Å². The third kappa shape index (κ3) is 6.68. The molecule has 0 fully saturated rings. The van der Waals surface area contributed by atoms with Crippen molar-refractivity contribution in [1.82, 2.24) is 15.6 Å². The molecule has 0 aliphatic heterocycles. The summed E-state index contributed by atoms with van der Waals surface area (Å²) in [6, 6.07) is 0.330. The van der Waals surface area contributed by atoms with Gasteiger partial charge in [0.2, 0.25) is 5.96 Å². The van der Waals surface area contributed by atoms with E-state index in [0.717, 1.165) is 19.5 Å². The van der Waals surface area contributed by atoms with Crippen LogP contribution in [0.5, 0.6) is 0 Å². The van der Waals surface area contributed by atoms with Crippen LogP contribution in [-0.4, -0.2) is 44.1 Å². The molecule has 1 atom stereocenters. The standard InChI is InChI=1S/C9H23N5/c1-5-6-11-9(13-10)12-8(2)7-14(3)4/h8H,5-7,10H2,1-4H3,(H2,11,12,13). The Bertz CT molecular complexity index is 167. The summed E-state index contributed by atoms with van der Waals surface area (Å²) in [5.41, 5.74) is 2.56. The van der Waals surface area contributed by atoms with Crippen LogP contribution in [0.2, 0.25) is 0 Å². The Morgan fingerprint density at radius 1 is 1.50 bits per heavy atom. The molecular formula is C9H23N5. The highest BCUT2D eigenvalue weighted by Crippen LogP contribution is 1.85. The largest absolute Gasteiger partial charge is 0.352 e. The van der Waals surface area contributed by atoms with E-state index < -0.39 is 0 Å². The first-order valence-electron chi connectivity index (χ1n) is 5.02. The molecule has 0 spiro atoms. The molecule has 0 saturated carbocycles. The average molecular weight is 201 g/mol. The molecule has 0 aromatic heterocycles. The molecule has 84 valence electrons. The minimum absolute atomic E-state index is 0.330. The van der Waals surface area contributed by atoms with Crippen LogP contribution >= 0.6 is 0 Å². The summed E-state index contributed by atoms with van der Waals surface area (Å²) < 4.78 is 0. The molecule has 0 bridgehead atoms. The van der Waals surface area contributed by atoms with Crippen molar-refractivity contribution in [2.24, 2.45) is 10.8 Å². The predicted octanol–water partition coefficient (Wildman–Crippen LogP) is -0.245. The first-order valence-corrected chi connectivity index (χ1v) is 5.02. The van der Waals surface area contributed by atoms with Gasteiger partial charge in [0.15, 0.2) is 0 Å². The van der Waals surface area contributed by atoms with Gasteiger partial charge in [-0.1, -0.05) is 6.92 Å². The number of nitrogens with one attached hydrogen (secondary N) is 2. The summed E-state index contributed by atoms with van der Waals surface area (Å²) in [5, 5.41) is 3.20. The molecule has 5 heteroatoms. The van der Waals surface area contributed by atoms with E-state index in [9.17, 15) is 0 Å². The van der Waals surface area contributed by atoms with Crippen LogP contribution < -0.4 is 16.6 Å². The average Bonchev–Trinajstić information content (AvgIpc) is 2.10. The van der Waals surface area contributed by atoms with E-state index in [4.69, 9.17) is 5.84 Å². The van der Waals surface area contributed by atoms with Gasteiger partial charge < -0.3 is 10.2 Å². The zero-order valence-corrected chi connectivity index (χ0v) is 9.67. The van der Waals surface area contributed by atoms with Crippen molar-refractivity contribution in [3.63, 3.8) is 0 Å². The fraction of sp³-hybridized carbons (Fsp3) is 0.889. The van der Waals surface area contributed by atoms with Crippen molar-refractivity contribution in [1.29, 1.82) is 0 Å². The Balaban J connectivity index is 3.91. The summed E-state index contributed by atoms with van der Waals surface area (Å²) in [7, 11) is 4.08. The van der Waals surface area contributed by atoms with Crippen molar-refractivity contribution in [2.45, 2.75) is 26.3 Å². The Morgan fingerprint density at radius 2 is 2.14 bits per heavy atom. The smallest absolute Gasteiger partial charge is 0.205 e. The number of rotatable bonds is 5. The summed E-state index contributed by atoms with van der Waals surface area (Å²) >= 11 is 0. The van der Waals surface area contributed by atoms with Gasteiger partial charge in [-0.25, -0.2) is 5.84 Å². The second kappa shape index (κ2) is 7.58. The SMILES string of the molecule is CCCN=C(NN)NC(C)CN(C)C. The molecule has 0 rings (SSSR count). The quantitative estimate of drug-likeness (QED) is 0.248. The Kier molecular flexibility index (Phi) is 7.14. The summed E-state index contributed by atoms with van der Waals surface area (Å²) in [5.74, 6) is 6.00. The van der Waals surface area contributed by atoms with Gasteiger partial charge in [0.05, 0.1) is 0 Å². The van der Waals surface area contributed by atoms with Crippen LogP contribution in [0.25, 0.3) is 0 Å². The first kappa shape index (κ1) is 13.2. The third-order valence-corrected chi connectivity index (χ3v) is 1.65. The Hall–Kier alpha value is -0.810. The zero-order valence-electron chi connectivity index (χ0n) is 9.67. The lowest BCUT2D eigenvalue weighted by molar-refractivity contribution is 0.368. The summed E-state index contributed by atoms with van der Waals surface area (Å²) in [4.78, 5) is 6.38. The lowest BCUT2D eigenvalue weighted by atomic mass is 10.3. The molecule has 0 aliphatic carbocycles. The molecule has 0 amide bonds. The fourth-order valence-electron chi connectivity index (χ4n) is 1.18. The van der Waals surface area contributed by atoms with Crippen LogP contribution in [0, 0.1) is 0 Å². The molecule has 14 heavy (non-hydrogen) atoms. The summed E-state index contributed by atoms with van der Waals surface area (Å²) in [6.45, 7) is 5.92. The maximum atomic E-state index is 5.34. The Labute approximate surface area is 86.7 Å². The van der Waals surface area contributed by atoms with Crippen LogP contribution in [0.4, 0.5) is 0 Å². The minimum atomic E-state index is 0.330. The van der Waals surface area contributed by atoms with Crippen molar-refractivity contribution >= 4 is 5.96 Å². The van der Waals surface area contributed by atoms with Gasteiger partial charge >= 0.3 is 0 Å². The van der Waals surface area contributed by atoms with E-state index >= 15 is 0 Å². The maximum absolute atomic E-state index is 5.34. The molecule has 0 aromatic rings. The van der Waals surface area contributed by atoms with Gasteiger partial charge in [-0.2, -0.15) is 0 Å². The highest BCUT2D eigenvalue weighted by atomic mass is 15.3. The fourth-order valence-corrected chi connectivity index (χ4v) is 1.18. The van der Waals surface area contributed by atoms with E-state index in [-0.39, 0.29) is 0 Å². The number of hydrogen-bond donors (Lipinski definition) is 3. The van der Waals surface area contributed by atoms with Crippen molar-refractivity contribution < 1.29 is 0 Å². The molecule has 0 aliphatic rings. The minimum Gasteiger partial charge on any atom is -0.352 e. The van der Waals surface area contributed by atoms with Gasteiger partial charge in [0, 0.05) is 19.1 Å². The lowest BCUT2D eigenvalue weighted by Crippen LogP contribution is -2.48. The van der Waals surface area contributed by atoms with Gasteiger partial charge in [-0.15, -0.1) is 0 Å². The number of hydrazine groups is 1. The number of likely N-dealkylation sites (N-methyl/N-ethyl adjacent to an activating group) is 1. The Morgan fingerprint density at radius 3 is 2.57 bits per heavy atom. The van der Waals surface area contributed by atoms with Crippen LogP contribution in [0.3, 0.4) is 0 Å². The van der Waals surface area contributed by atoms with E-state index in [0.29, 0.717) is 12.0 Å². The molecule has 5 nitrogen and oxygen atoms in total. The van der Waals surface area contributed by atoms with Crippen molar-refractivity contribution in [3.05, 3.63) is 0 Å². The molecule has 4 N–H and O–H groups in total. The van der Waals surface area contributed by atoms with E-state index in [1.54, 1.807) is 0 Å². The number of aliphatic imine (C=N–C) groups is 1. The van der Waals surface area contributed by atoms with E-state index in [2.05, 4.69) is 34.5 Å². The normalized spacial score (nSPS) is 14.3. The second-order valence-corrected chi connectivity index (χ2v) is 3.68. The summed E-state index contributed by atoms with van der Waals surface area (Å²) in [6.07, 6.45) is 1.02. The van der Waals surface area contributed by atoms with Gasteiger partial charge in [-0.3, -0.25) is 10.4 Å². The number of hydrogen-bond acceptors (Lipinski definition) is 3.